The van der Waals surface area contributed by atoms with E-state index in [1.807, 2.05) is 25.3 Å². The van der Waals surface area contributed by atoms with Crippen LogP contribution in [0.4, 0.5) is 5.95 Å². The molecular formula is C22H29N7O4. The highest BCUT2D eigenvalue weighted by atomic mass is 16.5. The highest BCUT2D eigenvalue weighted by Gasteiger charge is 2.21. The maximum absolute atomic E-state index is 13.0. The van der Waals surface area contributed by atoms with Crippen LogP contribution in [-0.2, 0) is 17.9 Å². The Morgan fingerprint density at radius 2 is 2.03 bits per heavy atom. The molecule has 1 aromatic carbocycles. The zero-order chi connectivity index (χ0) is 24.0. The Balaban J connectivity index is 2.01. The molecule has 0 unspecified atom stereocenters. The van der Waals surface area contributed by atoms with Crippen molar-refractivity contribution in [2.24, 2.45) is 5.73 Å². The first kappa shape index (κ1) is 23.8. The van der Waals surface area contributed by atoms with E-state index in [9.17, 15) is 14.4 Å². The first-order valence-corrected chi connectivity index (χ1v) is 10.9. The third-order valence-corrected chi connectivity index (χ3v) is 5.00. The number of fused-ring (bicyclic) bond motifs is 1. The third kappa shape index (κ3) is 5.30. The van der Waals surface area contributed by atoms with Crippen LogP contribution in [0.25, 0.3) is 11.0 Å². The fourth-order valence-electron chi connectivity index (χ4n) is 3.57. The molecule has 3 aromatic rings. The predicted octanol–water partition coefficient (Wildman–Crippen LogP) is 1.84. The molecule has 0 atom stereocenters. The van der Waals surface area contributed by atoms with Crippen molar-refractivity contribution in [3.05, 3.63) is 35.2 Å². The van der Waals surface area contributed by atoms with Gasteiger partial charge >= 0.3 is 0 Å². The molecule has 4 N–H and O–H groups in total. The lowest BCUT2D eigenvalue weighted by Crippen LogP contribution is -2.20. The van der Waals surface area contributed by atoms with Crippen molar-refractivity contribution in [3.8, 4) is 5.75 Å². The first-order valence-electron chi connectivity index (χ1n) is 10.9. The van der Waals surface area contributed by atoms with Crippen LogP contribution in [-0.4, -0.2) is 50.7 Å². The molecule has 11 heteroatoms. The molecule has 0 aliphatic rings. The highest BCUT2D eigenvalue weighted by molar-refractivity contribution is 6.04. The summed E-state index contributed by atoms with van der Waals surface area (Å²) in [7, 11) is 0. The quantitative estimate of drug-likeness (QED) is 0.280. The average Bonchev–Trinajstić information content (AvgIpc) is 3.33. The summed E-state index contributed by atoms with van der Waals surface area (Å²) in [5.74, 6) is -0.166. The predicted molar refractivity (Wildman–Crippen MR) is 123 cm³/mol. The van der Waals surface area contributed by atoms with Gasteiger partial charge in [-0.05, 0) is 44.9 Å². The number of aryl methyl sites for hydroxylation is 3. The Morgan fingerprint density at radius 1 is 1.24 bits per heavy atom. The molecule has 0 aliphatic heterocycles. The molecule has 176 valence electrons. The van der Waals surface area contributed by atoms with E-state index < -0.39 is 5.91 Å². The molecule has 33 heavy (non-hydrogen) atoms. The number of hydrogen-bond acceptors (Lipinski definition) is 6. The second-order valence-corrected chi connectivity index (χ2v) is 7.51. The molecule has 0 fully saturated rings. The van der Waals surface area contributed by atoms with Crippen molar-refractivity contribution in [3.63, 3.8) is 0 Å². The first-order chi connectivity index (χ1) is 15.9. The number of hydrogen-bond donors (Lipinski definition) is 3. The second kappa shape index (κ2) is 10.6. The van der Waals surface area contributed by atoms with Crippen molar-refractivity contribution in [1.29, 1.82) is 0 Å². The van der Waals surface area contributed by atoms with Gasteiger partial charge in [0, 0.05) is 25.2 Å². The van der Waals surface area contributed by atoms with E-state index in [4.69, 9.17) is 10.5 Å². The monoisotopic (exact) mass is 455 g/mol. The zero-order valence-electron chi connectivity index (χ0n) is 19.1. The summed E-state index contributed by atoms with van der Waals surface area (Å²) in [6.45, 7) is 7.65. The standard InChI is InChI=1S/C22H29N7O4/c1-4-8-28-19-16(11-15(20(23)31)12-18(19)33-9-6-7-24-13-30)25-22(28)26-21(32)17-10-14(3)27-29(17)5-2/h10-13H,4-9H2,1-3H3,(H2,23,31)(H,24,30)(H,25,26,32). The van der Waals surface area contributed by atoms with Crippen molar-refractivity contribution in [2.75, 3.05) is 18.5 Å². The van der Waals surface area contributed by atoms with Crippen molar-refractivity contribution >= 4 is 35.2 Å². The summed E-state index contributed by atoms with van der Waals surface area (Å²) < 4.78 is 9.42. The maximum atomic E-state index is 13.0. The number of carbonyl (C=O) groups excluding carboxylic acids is 3. The largest absolute Gasteiger partial charge is 0.491 e. The van der Waals surface area contributed by atoms with E-state index in [-0.39, 0.29) is 11.5 Å². The SMILES string of the molecule is CCCn1c(NC(=O)c2cc(C)nn2CC)nc2cc(C(N)=O)cc(OCCCNC=O)c21. The Labute approximate surface area is 191 Å². The van der Waals surface area contributed by atoms with Crippen LogP contribution in [0.2, 0.25) is 0 Å². The van der Waals surface area contributed by atoms with Crippen molar-refractivity contribution in [1.82, 2.24) is 24.6 Å². The molecule has 0 spiro atoms. The van der Waals surface area contributed by atoms with E-state index >= 15 is 0 Å². The number of nitrogens with zero attached hydrogens (tertiary/aromatic N) is 4. The number of rotatable bonds is 12. The summed E-state index contributed by atoms with van der Waals surface area (Å²) in [6.07, 6.45) is 1.98. The van der Waals surface area contributed by atoms with Gasteiger partial charge in [-0.3, -0.25) is 24.4 Å². The summed E-state index contributed by atoms with van der Waals surface area (Å²) in [5, 5.41) is 9.78. The van der Waals surface area contributed by atoms with Gasteiger partial charge in [0.25, 0.3) is 5.91 Å². The minimum absolute atomic E-state index is 0.252. The van der Waals surface area contributed by atoms with E-state index in [1.54, 1.807) is 22.9 Å². The molecule has 0 radical (unpaired) electrons. The summed E-state index contributed by atoms with van der Waals surface area (Å²) >= 11 is 0. The average molecular weight is 456 g/mol. The minimum atomic E-state index is -0.609. The second-order valence-electron chi connectivity index (χ2n) is 7.51. The van der Waals surface area contributed by atoms with Crippen LogP contribution < -0.4 is 21.1 Å². The Hall–Kier alpha value is -3.89. The topological polar surface area (TPSA) is 146 Å². The Morgan fingerprint density at radius 3 is 2.70 bits per heavy atom. The summed E-state index contributed by atoms with van der Waals surface area (Å²) in [6, 6.07) is 4.88. The van der Waals surface area contributed by atoms with Gasteiger partial charge in [-0.2, -0.15) is 5.10 Å². The van der Waals surface area contributed by atoms with Gasteiger partial charge in [-0.25, -0.2) is 4.98 Å². The molecule has 2 aromatic heterocycles. The number of ether oxygens (including phenoxy) is 1. The van der Waals surface area contributed by atoms with Gasteiger partial charge in [0.1, 0.15) is 17.0 Å². The normalized spacial score (nSPS) is 10.9. The van der Waals surface area contributed by atoms with Gasteiger partial charge in [0.2, 0.25) is 18.3 Å². The smallest absolute Gasteiger partial charge is 0.276 e. The Kier molecular flexibility index (Phi) is 7.65. The third-order valence-electron chi connectivity index (χ3n) is 5.00. The number of nitrogens with one attached hydrogen (secondary N) is 2. The minimum Gasteiger partial charge on any atom is -0.491 e. The molecular weight excluding hydrogens is 426 g/mol. The number of benzene rings is 1. The fourth-order valence-corrected chi connectivity index (χ4v) is 3.57. The number of carbonyl (C=O) groups is 3. The number of primary amides is 1. The van der Waals surface area contributed by atoms with Gasteiger partial charge in [-0.15, -0.1) is 0 Å². The van der Waals surface area contributed by atoms with Crippen molar-refractivity contribution in [2.45, 2.75) is 46.7 Å². The number of aromatic nitrogens is 4. The van der Waals surface area contributed by atoms with E-state index in [2.05, 4.69) is 20.7 Å². The summed E-state index contributed by atoms with van der Waals surface area (Å²) in [5.41, 5.74) is 8.07. The van der Waals surface area contributed by atoms with Crippen LogP contribution in [0.5, 0.6) is 5.75 Å². The van der Waals surface area contributed by atoms with Gasteiger partial charge in [-0.1, -0.05) is 6.92 Å². The number of nitrogens with two attached hydrogens (primary N) is 1. The molecule has 11 nitrogen and oxygen atoms in total. The van der Waals surface area contributed by atoms with Gasteiger partial charge < -0.3 is 20.4 Å². The van der Waals surface area contributed by atoms with E-state index in [1.165, 1.54) is 0 Å². The number of anilines is 1. The van der Waals surface area contributed by atoms with Crippen LogP contribution >= 0.6 is 0 Å². The van der Waals surface area contributed by atoms with E-state index in [0.29, 0.717) is 67.5 Å². The number of amides is 3. The van der Waals surface area contributed by atoms with Crippen LogP contribution in [0, 0.1) is 6.92 Å². The molecule has 3 rings (SSSR count). The van der Waals surface area contributed by atoms with Crippen LogP contribution in [0.3, 0.4) is 0 Å². The molecule has 0 bridgehead atoms. The van der Waals surface area contributed by atoms with E-state index in [0.717, 1.165) is 12.1 Å². The van der Waals surface area contributed by atoms with Gasteiger partial charge in [0.15, 0.2) is 0 Å². The summed E-state index contributed by atoms with van der Waals surface area (Å²) in [4.78, 5) is 39.9. The molecule has 0 aliphatic carbocycles. The Bertz CT molecular complexity index is 1170. The molecule has 0 saturated carbocycles. The lowest BCUT2D eigenvalue weighted by atomic mass is 10.1. The molecule has 2 heterocycles. The maximum Gasteiger partial charge on any atom is 0.276 e. The van der Waals surface area contributed by atoms with Gasteiger partial charge in [0.05, 0.1) is 17.8 Å². The lowest BCUT2D eigenvalue weighted by Gasteiger charge is -2.13. The molecule has 0 saturated heterocycles. The van der Waals surface area contributed by atoms with Crippen LogP contribution in [0.1, 0.15) is 53.2 Å². The van der Waals surface area contributed by atoms with Crippen LogP contribution in [0.15, 0.2) is 18.2 Å². The lowest BCUT2D eigenvalue weighted by molar-refractivity contribution is -0.109. The van der Waals surface area contributed by atoms with Crippen molar-refractivity contribution < 1.29 is 19.1 Å². The number of imidazole rings is 1. The fraction of sp³-hybridized carbons (Fsp3) is 0.409. The zero-order valence-corrected chi connectivity index (χ0v) is 19.1. The highest BCUT2D eigenvalue weighted by Crippen LogP contribution is 2.31. The molecule has 3 amide bonds.